The van der Waals surface area contributed by atoms with Crippen LogP contribution in [0.3, 0.4) is 0 Å². The van der Waals surface area contributed by atoms with Gasteiger partial charge in [-0.1, -0.05) is 12.1 Å². The zero-order valence-electron chi connectivity index (χ0n) is 8.53. The minimum atomic E-state index is -0.0453. The fourth-order valence-electron chi connectivity index (χ4n) is 1.57. The van der Waals surface area contributed by atoms with E-state index in [0.29, 0.717) is 12.1 Å². The van der Waals surface area contributed by atoms with Crippen molar-refractivity contribution in [3.05, 3.63) is 42.2 Å². The summed E-state index contributed by atoms with van der Waals surface area (Å²) in [5.41, 5.74) is 0.683. The van der Waals surface area contributed by atoms with Gasteiger partial charge in [-0.05, 0) is 24.4 Å². The fourth-order valence-corrected chi connectivity index (χ4v) is 1.57. The van der Waals surface area contributed by atoms with Gasteiger partial charge in [0.15, 0.2) is 0 Å². The van der Waals surface area contributed by atoms with Crippen LogP contribution < -0.4 is 5.32 Å². The summed E-state index contributed by atoms with van der Waals surface area (Å²) in [6.07, 6.45) is 3.45. The lowest BCUT2D eigenvalue weighted by Gasteiger charge is -2.05. The van der Waals surface area contributed by atoms with Gasteiger partial charge >= 0.3 is 0 Å². The average Bonchev–Trinajstić information content (AvgIpc) is 2.28. The molecule has 2 aromatic rings. The SMILES string of the molecule is CCNC(=O)c1cccc2ccncc12. The smallest absolute Gasteiger partial charge is 0.251 e. The summed E-state index contributed by atoms with van der Waals surface area (Å²) in [6.45, 7) is 2.54. The van der Waals surface area contributed by atoms with Crippen LogP contribution in [0.2, 0.25) is 0 Å². The number of pyridine rings is 1. The molecule has 0 aliphatic carbocycles. The van der Waals surface area contributed by atoms with E-state index in [4.69, 9.17) is 0 Å². The van der Waals surface area contributed by atoms with Crippen molar-refractivity contribution in [2.24, 2.45) is 0 Å². The predicted molar refractivity (Wildman–Crippen MR) is 59.8 cm³/mol. The molecule has 0 unspecified atom stereocenters. The van der Waals surface area contributed by atoms with Crippen molar-refractivity contribution in [2.45, 2.75) is 6.92 Å². The largest absolute Gasteiger partial charge is 0.352 e. The second-order valence-corrected chi connectivity index (χ2v) is 3.26. The molecule has 3 heteroatoms. The summed E-state index contributed by atoms with van der Waals surface area (Å²) in [7, 11) is 0. The summed E-state index contributed by atoms with van der Waals surface area (Å²) in [6, 6.07) is 7.57. The molecule has 15 heavy (non-hydrogen) atoms. The van der Waals surface area contributed by atoms with Crippen LogP contribution in [0.25, 0.3) is 10.8 Å². The van der Waals surface area contributed by atoms with Crippen molar-refractivity contribution in [2.75, 3.05) is 6.54 Å². The Bertz CT molecular complexity index is 488. The molecule has 0 radical (unpaired) electrons. The maximum absolute atomic E-state index is 11.7. The van der Waals surface area contributed by atoms with Crippen molar-refractivity contribution >= 4 is 16.7 Å². The van der Waals surface area contributed by atoms with E-state index in [-0.39, 0.29) is 5.91 Å². The zero-order valence-corrected chi connectivity index (χ0v) is 8.53. The third kappa shape index (κ3) is 1.81. The number of fused-ring (bicyclic) bond motifs is 1. The number of nitrogens with one attached hydrogen (secondary N) is 1. The van der Waals surface area contributed by atoms with Crippen molar-refractivity contribution in [1.29, 1.82) is 0 Å². The molecule has 1 aromatic carbocycles. The number of benzene rings is 1. The van der Waals surface area contributed by atoms with Gasteiger partial charge in [0.1, 0.15) is 0 Å². The molecular formula is C12H12N2O. The number of hydrogen-bond donors (Lipinski definition) is 1. The first kappa shape index (κ1) is 9.65. The molecule has 0 saturated heterocycles. The molecule has 1 aromatic heterocycles. The normalized spacial score (nSPS) is 10.2. The average molecular weight is 200 g/mol. The van der Waals surface area contributed by atoms with Crippen LogP contribution in [0.5, 0.6) is 0 Å². The van der Waals surface area contributed by atoms with Gasteiger partial charge in [0.05, 0.1) is 0 Å². The Balaban J connectivity index is 2.56. The van der Waals surface area contributed by atoms with Crippen LogP contribution in [0.4, 0.5) is 0 Å². The highest BCUT2D eigenvalue weighted by Gasteiger charge is 2.07. The third-order valence-electron chi connectivity index (χ3n) is 2.27. The summed E-state index contributed by atoms with van der Waals surface area (Å²) >= 11 is 0. The van der Waals surface area contributed by atoms with E-state index in [2.05, 4.69) is 10.3 Å². The Labute approximate surface area is 88.1 Å². The summed E-state index contributed by atoms with van der Waals surface area (Å²) in [4.78, 5) is 15.8. The minimum Gasteiger partial charge on any atom is -0.352 e. The quantitative estimate of drug-likeness (QED) is 0.805. The van der Waals surface area contributed by atoms with Crippen LogP contribution >= 0.6 is 0 Å². The van der Waals surface area contributed by atoms with Gasteiger partial charge in [-0.2, -0.15) is 0 Å². The first-order valence-corrected chi connectivity index (χ1v) is 4.94. The van der Waals surface area contributed by atoms with Crippen LogP contribution in [0.15, 0.2) is 36.7 Å². The second-order valence-electron chi connectivity index (χ2n) is 3.26. The maximum Gasteiger partial charge on any atom is 0.251 e. The van der Waals surface area contributed by atoms with Gasteiger partial charge < -0.3 is 5.32 Å². The first-order valence-electron chi connectivity index (χ1n) is 4.94. The van der Waals surface area contributed by atoms with E-state index in [1.165, 1.54) is 0 Å². The Morgan fingerprint density at radius 1 is 1.40 bits per heavy atom. The topological polar surface area (TPSA) is 42.0 Å². The third-order valence-corrected chi connectivity index (χ3v) is 2.27. The molecule has 0 aliphatic rings. The van der Waals surface area contributed by atoms with E-state index < -0.39 is 0 Å². The highest BCUT2D eigenvalue weighted by atomic mass is 16.1. The highest BCUT2D eigenvalue weighted by molar-refractivity contribution is 6.06. The lowest BCUT2D eigenvalue weighted by Crippen LogP contribution is -2.22. The molecule has 0 atom stereocenters. The predicted octanol–water partition coefficient (Wildman–Crippen LogP) is 1.98. The Kier molecular flexibility index (Phi) is 2.63. The van der Waals surface area contributed by atoms with Crippen molar-refractivity contribution in [1.82, 2.24) is 10.3 Å². The summed E-state index contributed by atoms with van der Waals surface area (Å²) in [5, 5.41) is 4.72. The molecule has 0 aliphatic heterocycles. The van der Waals surface area contributed by atoms with E-state index in [9.17, 15) is 4.79 Å². The van der Waals surface area contributed by atoms with Crippen molar-refractivity contribution < 1.29 is 4.79 Å². The monoisotopic (exact) mass is 200 g/mol. The molecule has 0 bridgehead atoms. The van der Waals surface area contributed by atoms with E-state index in [0.717, 1.165) is 10.8 Å². The number of carbonyl (C=O) groups excluding carboxylic acids is 1. The number of hydrogen-bond acceptors (Lipinski definition) is 2. The van der Waals surface area contributed by atoms with E-state index in [1.54, 1.807) is 12.4 Å². The number of carbonyl (C=O) groups is 1. The number of rotatable bonds is 2. The second kappa shape index (κ2) is 4.09. The molecule has 1 amide bonds. The minimum absolute atomic E-state index is 0.0453. The molecule has 76 valence electrons. The maximum atomic E-state index is 11.7. The number of aromatic nitrogens is 1. The summed E-state index contributed by atoms with van der Waals surface area (Å²) in [5.74, 6) is -0.0453. The van der Waals surface area contributed by atoms with Crippen molar-refractivity contribution in [3.63, 3.8) is 0 Å². The first-order chi connectivity index (χ1) is 7.33. The molecule has 3 nitrogen and oxygen atoms in total. The molecule has 1 heterocycles. The molecule has 2 rings (SSSR count). The molecular weight excluding hydrogens is 188 g/mol. The van der Waals surface area contributed by atoms with Gasteiger partial charge in [-0.25, -0.2) is 0 Å². The zero-order chi connectivity index (χ0) is 10.7. The van der Waals surface area contributed by atoms with Gasteiger partial charge in [-0.3, -0.25) is 9.78 Å². The van der Waals surface area contributed by atoms with Crippen LogP contribution in [-0.2, 0) is 0 Å². The summed E-state index contributed by atoms with van der Waals surface area (Å²) < 4.78 is 0. The number of amides is 1. The van der Waals surface area contributed by atoms with Crippen LogP contribution in [0, 0.1) is 0 Å². The van der Waals surface area contributed by atoms with Crippen LogP contribution in [-0.4, -0.2) is 17.4 Å². The standard InChI is InChI=1S/C12H12N2O/c1-2-14-12(15)10-5-3-4-9-6-7-13-8-11(9)10/h3-8H,2H2,1H3,(H,14,15). The Morgan fingerprint density at radius 3 is 3.07 bits per heavy atom. The highest BCUT2D eigenvalue weighted by Crippen LogP contribution is 2.16. The lowest BCUT2D eigenvalue weighted by molar-refractivity contribution is 0.0957. The van der Waals surface area contributed by atoms with Crippen molar-refractivity contribution in [3.8, 4) is 0 Å². The van der Waals surface area contributed by atoms with Gasteiger partial charge in [0.25, 0.3) is 5.91 Å². The van der Waals surface area contributed by atoms with Gasteiger partial charge in [0, 0.05) is 29.9 Å². The number of nitrogens with zero attached hydrogens (tertiary/aromatic N) is 1. The lowest BCUT2D eigenvalue weighted by atomic mass is 10.1. The van der Waals surface area contributed by atoms with Gasteiger partial charge in [-0.15, -0.1) is 0 Å². The van der Waals surface area contributed by atoms with E-state index in [1.807, 2.05) is 31.2 Å². The Hall–Kier alpha value is -1.90. The molecule has 0 spiro atoms. The van der Waals surface area contributed by atoms with Gasteiger partial charge in [0.2, 0.25) is 0 Å². The fraction of sp³-hybridized carbons (Fsp3) is 0.167. The Morgan fingerprint density at radius 2 is 2.27 bits per heavy atom. The molecule has 1 N–H and O–H groups in total. The van der Waals surface area contributed by atoms with E-state index >= 15 is 0 Å². The van der Waals surface area contributed by atoms with Crippen LogP contribution in [0.1, 0.15) is 17.3 Å². The molecule has 0 fully saturated rings. The molecule has 0 saturated carbocycles.